The predicted octanol–water partition coefficient (Wildman–Crippen LogP) is 2.97. The number of nitrogens with two attached hydrogens (primary N) is 1. The summed E-state index contributed by atoms with van der Waals surface area (Å²) < 4.78 is 0. The van der Waals surface area contributed by atoms with Crippen LogP contribution in [-0.2, 0) is 11.4 Å². The van der Waals surface area contributed by atoms with Crippen molar-refractivity contribution < 1.29 is 9.63 Å². The van der Waals surface area contributed by atoms with Crippen LogP contribution in [0.25, 0.3) is 5.57 Å². The number of hydroxylamine groups is 1. The van der Waals surface area contributed by atoms with E-state index in [9.17, 15) is 4.79 Å². The Hall–Kier alpha value is -3.98. The van der Waals surface area contributed by atoms with Gasteiger partial charge in [0, 0.05) is 24.0 Å². The van der Waals surface area contributed by atoms with Gasteiger partial charge in [-0.2, -0.15) is 0 Å². The highest BCUT2D eigenvalue weighted by molar-refractivity contribution is 6.02. The Morgan fingerprint density at radius 3 is 2.77 bits per heavy atom. The third-order valence-corrected chi connectivity index (χ3v) is 4.87. The van der Waals surface area contributed by atoms with E-state index in [2.05, 4.69) is 31.1 Å². The Morgan fingerprint density at radius 1 is 1.19 bits per heavy atom. The number of carbonyl (C=O) groups excluding carboxylic acids is 1. The minimum atomic E-state index is -0.333. The largest absolute Gasteiger partial charge is 0.412 e. The molecule has 3 heterocycles. The number of anilines is 3. The van der Waals surface area contributed by atoms with Crippen LogP contribution < -0.4 is 21.8 Å². The van der Waals surface area contributed by atoms with E-state index in [1.807, 2.05) is 50.2 Å². The number of benzene rings is 1. The normalized spacial score (nSPS) is 15.5. The lowest BCUT2D eigenvalue weighted by molar-refractivity contribution is 0.102. The first-order valence-corrected chi connectivity index (χ1v) is 9.81. The minimum Gasteiger partial charge on any atom is -0.412 e. The second-order valence-electron chi connectivity index (χ2n) is 7.14. The van der Waals surface area contributed by atoms with E-state index in [0.717, 1.165) is 22.6 Å². The summed E-state index contributed by atoms with van der Waals surface area (Å²) in [5, 5.41) is 6.10. The molecular weight excluding hydrogens is 394 g/mol. The van der Waals surface area contributed by atoms with E-state index in [-0.39, 0.29) is 17.6 Å². The molecule has 1 amide bonds. The van der Waals surface area contributed by atoms with E-state index in [0.29, 0.717) is 23.7 Å². The zero-order chi connectivity index (χ0) is 21.8. The standard InChI is InChI=1S/C22H23N7O2/c1-13-20(14(2)31-29-13)18-11-27-19(12-26-18)22(30)28-16-6-3-5-15(9-16)10-25-17-7-4-8-24-21(17)23/h3-9,11-13,25,29H,10H2,1-2H3,(H2,23,24)(H,28,30). The third-order valence-electron chi connectivity index (χ3n) is 4.87. The highest BCUT2D eigenvalue weighted by Gasteiger charge is 2.23. The van der Waals surface area contributed by atoms with Crippen LogP contribution in [0.2, 0.25) is 0 Å². The maximum Gasteiger partial charge on any atom is 0.275 e. The van der Waals surface area contributed by atoms with E-state index in [4.69, 9.17) is 10.6 Å². The van der Waals surface area contributed by atoms with Crippen molar-refractivity contribution in [1.82, 2.24) is 20.4 Å². The maximum atomic E-state index is 12.6. The van der Waals surface area contributed by atoms with Crippen molar-refractivity contribution in [2.24, 2.45) is 0 Å². The van der Waals surface area contributed by atoms with Gasteiger partial charge in [0.2, 0.25) is 0 Å². The van der Waals surface area contributed by atoms with Crippen molar-refractivity contribution in [2.45, 2.75) is 26.4 Å². The molecule has 4 rings (SSSR count). The molecule has 5 N–H and O–H groups in total. The summed E-state index contributed by atoms with van der Waals surface area (Å²) >= 11 is 0. The molecule has 0 radical (unpaired) electrons. The Labute approximate surface area is 179 Å². The lowest BCUT2D eigenvalue weighted by atomic mass is 10.1. The Balaban J connectivity index is 1.41. The topological polar surface area (TPSA) is 127 Å². The Morgan fingerprint density at radius 2 is 2.06 bits per heavy atom. The van der Waals surface area contributed by atoms with Gasteiger partial charge in [0.25, 0.3) is 5.91 Å². The zero-order valence-corrected chi connectivity index (χ0v) is 17.2. The van der Waals surface area contributed by atoms with E-state index < -0.39 is 0 Å². The van der Waals surface area contributed by atoms with E-state index in [1.54, 1.807) is 12.4 Å². The van der Waals surface area contributed by atoms with Gasteiger partial charge in [-0.3, -0.25) is 9.78 Å². The number of amides is 1. The Kier molecular flexibility index (Phi) is 5.76. The molecule has 0 bridgehead atoms. The summed E-state index contributed by atoms with van der Waals surface area (Å²) in [5.74, 6) is 0.854. The van der Waals surface area contributed by atoms with Crippen LogP contribution in [0.1, 0.15) is 35.6 Å². The predicted molar refractivity (Wildman–Crippen MR) is 119 cm³/mol. The van der Waals surface area contributed by atoms with Crippen LogP contribution >= 0.6 is 0 Å². The number of allylic oxidation sites excluding steroid dienone is 1. The Bertz CT molecular complexity index is 1130. The number of hydrogen-bond donors (Lipinski definition) is 4. The molecule has 9 heteroatoms. The van der Waals surface area contributed by atoms with Gasteiger partial charge in [-0.15, -0.1) is 5.48 Å². The van der Waals surface area contributed by atoms with Crippen LogP contribution in [0.3, 0.4) is 0 Å². The SMILES string of the molecule is CC1=C(c2cnc(C(=O)Nc3cccc(CNc4cccnc4N)c3)cn2)C(C)NO1. The van der Waals surface area contributed by atoms with Gasteiger partial charge in [-0.05, 0) is 43.7 Å². The molecule has 1 aliphatic heterocycles. The molecule has 0 spiro atoms. The van der Waals surface area contributed by atoms with Crippen molar-refractivity contribution >= 4 is 28.7 Å². The van der Waals surface area contributed by atoms with Gasteiger partial charge in [0.1, 0.15) is 17.3 Å². The molecule has 3 aromatic rings. The minimum absolute atomic E-state index is 0.00680. The number of nitrogen functional groups attached to an aromatic ring is 1. The summed E-state index contributed by atoms with van der Waals surface area (Å²) in [7, 11) is 0. The average Bonchev–Trinajstić information content (AvgIpc) is 3.11. The van der Waals surface area contributed by atoms with Gasteiger partial charge in [-0.25, -0.2) is 9.97 Å². The molecule has 158 valence electrons. The van der Waals surface area contributed by atoms with Crippen LogP contribution in [0, 0.1) is 0 Å². The lowest BCUT2D eigenvalue weighted by Gasteiger charge is -2.10. The molecule has 9 nitrogen and oxygen atoms in total. The maximum absolute atomic E-state index is 12.6. The zero-order valence-electron chi connectivity index (χ0n) is 17.2. The lowest BCUT2D eigenvalue weighted by Crippen LogP contribution is -2.20. The fourth-order valence-electron chi connectivity index (χ4n) is 3.30. The van der Waals surface area contributed by atoms with Crippen molar-refractivity contribution in [2.75, 3.05) is 16.4 Å². The van der Waals surface area contributed by atoms with E-state index >= 15 is 0 Å². The summed E-state index contributed by atoms with van der Waals surface area (Å²) in [5.41, 5.74) is 13.0. The van der Waals surface area contributed by atoms with Crippen LogP contribution in [-0.4, -0.2) is 26.9 Å². The number of nitrogens with one attached hydrogen (secondary N) is 3. The van der Waals surface area contributed by atoms with Crippen LogP contribution in [0.15, 0.2) is 60.7 Å². The highest BCUT2D eigenvalue weighted by atomic mass is 16.7. The average molecular weight is 417 g/mol. The molecule has 1 atom stereocenters. The molecule has 1 unspecified atom stereocenters. The quantitative estimate of drug-likeness (QED) is 0.482. The first-order chi connectivity index (χ1) is 15.0. The van der Waals surface area contributed by atoms with E-state index in [1.165, 1.54) is 6.20 Å². The van der Waals surface area contributed by atoms with Gasteiger partial charge in [-0.1, -0.05) is 12.1 Å². The van der Waals surface area contributed by atoms with Crippen LogP contribution in [0.5, 0.6) is 0 Å². The summed E-state index contributed by atoms with van der Waals surface area (Å²) in [6, 6.07) is 11.2. The number of pyridine rings is 1. The molecule has 1 aliphatic rings. The number of aromatic nitrogens is 3. The van der Waals surface area contributed by atoms with Crippen LogP contribution in [0.4, 0.5) is 17.2 Å². The fourth-order valence-corrected chi connectivity index (χ4v) is 3.30. The summed E-state index contributed by atoms with van der Waals surface area (Å²) in [6.45, 7) is 4.37. The molecule has 0 aliphatic carbocycles. The van der Waals surface area contributed by atoms with Gasteiger partial charge >= 0.3 is 0 Å². The smallest absolute Gasteiger partial charge is 0.275 e. The first kappa shape index (κ1) is 20.3. The molecule has 31 heavy (non-hydrogen) atoms. The number of carbonyl (C=O) groups is 1. The van der Waals surface area contributed by atoms with Gasteiger partial charge < -0.3 is 21.2 Å². The third kappa shape index (κ3) is 4.62. The van der Waals surface area contributed by atoms with Crippen molar-refractivity contribution in [3.63, 3.8) is 0 Å². The van der Waals surface area contributed by atoms with Gasteiger partial charge in [0.15, 0.2) is 0 Å². The molecule has 2 aromatic heterocycles. The monoisotopic (exact) mass is 417 g/mol. The molecule has 1 aromatic carbocycles. The molecular formula is C22H23N7O2. The fraction of sp³-hybridized carbons (Fsp3) is 0.182. The van der Waals surface area contributed by atoms with Crippen molar-refractivity contribution in [3.8, 4) is 0 Å². The number of rotatable bonds is 6. The molecule has 0 fully saturated rings. The summed E-state index contributed by atoms with van der Waals surface area (Å²) in [6.07, 6.45) is 4.69. The van der Waals surface area contributed by atoms with Crippen molar-refractivity contribution in [3.05, 3.63) is 77.7 Å². The first-order valence-electron chi connectivity index (χ1n) is 9.81. The molecule has 0 saturated carbocycles. The molecule has 0 saturated heterocycles. The second-order valence-corrected chi connectivity index (χ2v) is 7.14. The highest BCUT2D eigenvalue weighted by Crippen LogP contribution is 2.25. The number of nitrogens with zero attached hydrogens (tertiary/aromatic N) is 3. The summed E-state index contributed by atoms with van der Waals surface area (Å²) in [4.78, 5) is 30.6. The van der Waals surface area contributed by atoms with Gasteiger partial charge in [0.05, 0.1) is 29.8 Å². The second kappa shape index (κ2) is 8.80. The number of hydrogen-bond acceptors (Lipinski definition) is 8. The van der Waals surface area contributed by atoms with Crippen molar-refractivity contribution in [1.29, 1.82) is 0 Å².